The number of rotatable bonds is 3. The Labute approximate surface area is 113 Å². The first-order valence-electron chi connectivity index (χ1n) is 5.49. The number of nitrogens with two attached hydrogens (primary N) is 2. The van der Waals surface area contributed by atoms with Gasteiger partial charge in [-0.05, 0) is 24.3 Å². The zero-order valence-corrected chi connectivity index (χ0v) is 10.2. The number of aromatic hydroxyl groups is 2. The van der Waals surface area contributed by atoms with E-state index >= 15 is 0 Å². The number of aromatic nitrogens is 1. The Morgan fingerprint density at radius 1 is 1.05 bits per heavy atom. The molecule has 0 amide bonds. The minimum absolute atomic E-state index is 0.0949. The molecule has 6 N–H and O–H groups in total. The molecule has 0 aliphatic rings. The Morgan fingerprint density at radius 3 is 2.10 bits per heavy atom. The number of aliphatic imine (C=N–C) groups is 1. The summed E-state index contributed by atoms with van der Waals surface area (Å²) in [5.41, 5.74) is 11.1. The van der Waals surface area contributed by atoms with Crippen molar-refractivity contribution in [2.75, 3.05) is 0 Å². The van der Waals surface area contributed by atoms with Crippen molar-refractivity contribution in [3.63, 3.8) is 0 Å². The predicted molar refractivity (Wildman–Crippen MR) is 70.6 cm³/mol. The van der Waals surface area contributed by atoms with Gasteiger partial charge < -0.3 is 26.5 Å². The second kappa shape index (κ2) is 5.22. The summed E-state index contributed by atoms with van der Waals surface area (Å²) in [7, 11) is 0. The van der Waals surface area contributed by atoms with Crippen molar-refractivity contribution in [1.29, 1.82) is 0 Å². The Bertz CT molecular complexity index is 637. The summed E-state index contributed by atoms with van der Waals surface area (Å²) in [5.74, 6) is -1.65. The number of hydrogen-bond donors (Lipinski definition) is 4. The van der Waals surface area contributed by atoms with Crippen LogP contribution in [0.2, 0.25) is 0 Å². The molecule has 0 fully saturated rings. The van der Waals surface area contributed by atoms with Crippen LogP contribution in [0.3, 0.4) is 0 Å². The van der Waals surface area contributed by atoms with Gasteiger partial charge in [-0.25, -0.2) is 9.79 Å². The predicted octanol–water partition coefficient (Wildman–Crippen LogP) is 0.0732. The smallest absolute Gasteiger partial charge is 0.363 e. The molecule has 0 unspecified atom stereocenters. The first-order valence-corrected chi connectivity index (χ1v) is 5.49. The second-order valence-corrected chi connectivity index (χ2v) is 3.81. The summed E-state index contributed by atoms with van der Waals surface area (Å²) in [6.07, 6.45) is 0. The third kappa shape index (κ3) is 2.80. The van der Waals surface area contributed by atoms with E-state index in [-0.39, 0.29) is 11.5 Å². The molecule has 2 rings (SSSR count). The van der Waals surface area contributed by atoms with Crippen LogP contribution >= 0.6 is 0 Å². The zero-order valence-electron chi connectivity index (χ0n) is 10.2. The topological polar surface area (TPSA) is 136 Å². The third-order valence-corrected chi connectivity index (χ3v) is 2.33. The molecule has 0 saturated heterocycles. The maximum absolute atomic E-state index is 11.8. The molecule has 1 heterocycles. The molecule has 0 atom stereocenters. The molecule has 104 valence electrons. The molecule has 8 heteroatoms. The second-order valence-electron chi connectivity index (χ2n) is 3.81. The third-order valence-electron chi connectivity index (χ3n) is 2.33. The zero-order chi connectivity index (χ0) is 14.7. The maximum Gasteiger partial charge on any atom is 0.363 e. The van der Waals surface area contributed by atoms with Crippen LogP contribution in [-0.2, 0) is 0 Å². The molecule has 0 aliphatic heterocycles. The van der Waals surface area contributed by atoms with Crippen LogP contribution in [0.25, 0.3) is 0 Å². The Hall–Kier alpha value is -3.16. The molecule has 0 aliphatic carbocycles. The highest BCUT2D eigenvalue weighted by Gasteiger charge is 2.13. The van der Waals surface area contributed by atoms with Crippen molar-refractivity contribution in [3.8, 4) is 11.8 Å². The van der Waals surface area contributed by atoms with Gasteiger partial charge in [0, 0.05) is 12.1 Å². The number of nitrogens with zero attached hydrogens (tertiary/aromatic N) is 2. The molecule has 8 nitrogen and oxygen atoms in total. The highest BCUT2D eigenvalue weighted by Crippen LogP contribution is 2.19. The van der Waals surface area contributed by atoms with Gasteiger partial charge in [-0.15, -0.1) is 4.73 Å². The van der Waals surface area contributed by atoms with Crippen molar-refractivity contribution >= 4 is 17.6 Å². The van der Waals surface area contributed by atoms with Gasteiger partial charge in [0.25, 0.3) is 0 Å². The molecule has 20 heavy (non-hydrogen) atoms. The van der Waals surface area contributed by atoms with E-state index in [9.17, 15) is 15.0 Å². The average Bonchev–Trinajstić information content (AvgIpc) is 2.70. The quantitative estimate of drug-likeness (QED) is 0.462. The summed E-state index contributed by atoms with van der Waals surface area (Å²) in [4.78, 5) is 20.4. The molecule has 0 radical (unpaired) electrons. The lowest BCUT2D eigenvalue weighted by molar-refractivity contribution is 0.0382. The van der Waals surface area contributed by atoms with Gasteiger partial charge in [-0.1, -0.05) is 0 Å². The number of guanidine groups is 1. The van der Waals surface area contributed by atoms with E-state index in [1.807, 2.05) is 0 Å². The van der Waals surface area contributed by atoms with Gasteiger partial charge in [-0.3, -0.25) is 0 Å². The van der Waals surface area contributed by atoms with Crippen LogP contribution in [0.1, 0.15) is 10.4 Å². The summed E-state index contributed by atoms with van der Waals surface area (Å²) in [6, 6.07) is 8.30. The Kier molecular flexibility index (Phi) is 3.47. The maximum atomic E-state index is 11.8. The van der Waals surface area contributed by atoms with Crippen LogP contribution in [0.5, 0.6) is 11.8 Å². The molecule has 0 saturated carbocycles. The van der Waals surface area contributed by atoms with Gasteiger partial charge in [0.2, 0.25) is 11.8 Å². The molecular weight excluding hydrogens is 264 g/mol. The van der Waals surface area contributed by atoms with Crippen molar-refractivity contribution < 1.29 is 19.8 Å². The minimum Gasteiger partial charge on any atom is -0.492 e. The number of carbonyl (C=O) groups is 1. The van der Waals surface area contributed by atoms with Crippen molar-refractivity contribution in [3.05, 3.63) is 42.0 Å². The van der Waals surface area contributed by atoms with Crippen LogP contribution < -0.4 is 16.3 Å². The van der Waals surface area contributed by atoms with E-state index in [2.05, 4.69) is 4.99 Å². The van der Waals surface area contributed by atoms with Crippen molar-refractivity contribution in [2.45, 2.75) is 0 Å². The fourth-order valence-corrected chi connectivity index (χ4v) is 1.45. The van der Waals surface area contributed by atoms with E-state index in [0.717, 1.165) is 0 Å². The first kappa shape index (κ1) is 13.3. The van der Waals surface area contributed by atoms with Gasteiger partial charge in [0.05, 0.1) is 11.3 Å². The molecule has 0 bridgehead atoms. The standard InChI is InChI=1S/C12H12N4O4/c13-12(14)15-8-3-1-7(2-4-8)11(19)20-16-9(17)5-6-10(16)18/h1-6,17-18H,(H4,13,14,15). The molecule has 2 aromatic rings. The number of carbonyl (C=O) groups excluding carboxylic acids is 1. The van der Waals surface area contributed by atoms with E-state index in [1.54, 1.807) is 0 Å². The van der Waals surface area contributed by atoms with Crippen molar-refractivity contribution in [1.82, 2.24) is 4.73 Å². The lowest BCUT2D eigenvalue weighted by atomic mass is 10.2. The van der Waals surface area contributed by atoms with E-state index < -0.39 is 17.7 Å². The Balaban J connectivity index is 2.16. The monoisotopic (exact) mass is 276 g/mol. The van der Waals surface area contributed by atoms with Gasteiger partial charge in [0.1, 0.15) is 0 Å². The molecule has 1 aromatic carbocycles. The lowest BCUT2D eigenvalue weighted by Crippen LogP contribution is -2.22. The highest BCUT2D eigenvalue weighted by atomic mass is 16.7. The normalized spacial score (nSPS) is 10.0. The molecular formula is C12H12N4O4. The summed E-state index contributed by atoms with van der Waals surface area (Å²) >= 11 is 0. The van der Waals surface area contributed by atoms with Gasteiger partial charge in [-0.2, -0.15) is 0 Å². The fourth-order valence-electron chi connectivity index (χ4n) is 1.45. The molecule has 1 aromatic heterocycles. The summed E-state index contributed by atoms with van der Waals surface area (Å²) in [5, 5.41) is 18.7. The van der Waals surface area contributed by atoms with Crippen LogP contribution in [0.15, 0.2) is 41.4 Å². The van der Waals surface area contributed by atoms with Crippen molar-refractivity contribution in [2.24, 2.45) is 16.5 Å². The van der Waals surface area contributed by atoms with Crippen LogP contribution in [-0.4, -0.2) is 26.9 Å². The first-order chi connectivity index (χ1) is 9.47. The fraction of sp³-hybridized carbons (Fsp3) is 0. The average molecular weight is 276 g/mol. The number of hydrogen-bond acceptors (Lipinski definition) is 5. The van der Waals surface area contributed by atoms with Gasteiger partial charge in [0.15, 0.2) is 5.96 Å². The lowest BCUT2D eigenvalue weighted by Gasteiger charge is -2.06. The van der Waals surface area contributed by atoms with E-state index in [4.69, 9.17) is 16.3 Å². The summed E-state index contributed by atoms with van der Waals surface area (Å²) in [6.45, 7) is 0. The van der Waals surface area contributed by atoms with E-state index in [0.29, 0.717) is 10.4 Å². The molecule has 0 spiro atoms. The van der Waals surface area contributed by atoms with Crippen LogP contribution in [0, 0.1) is 0 Å². The minimum atomic E-state index is -0.761. The largest absolute Gasteiger partial charge is 0.492 e. The SMILES string of the molecule is NC(N)=Nc1ccc(C(=O)On2c(O)ccc2O)cc1. The highest BCUT2D eigenvalue weighted by molar-refractivity contribution is 5.90. The van der Waals surface area contributed by atoms with Gasteiger partial charge >= 0.3 is 5.97 Å². The van der Waals surface area contributed by atoms with E-state index in [1.165, 1.54) is 36.4 Å². The number of benzene rings is 1. The van der Waals surface area contributed by atoms with Crippen LogP contribution in [0.4, 0.5) is 5.69 Å². The Morgan fingerprint density at radius 2 is 1.60 bits per heavy atom. The summed E-state index contributed by atoms with van der Waals surface area (Å²) < 4.78 is 0.603.